The van der Waals surface area contributed by atoms with Gasteiger partial charge in [-0.3, -0.25) is 4.79 Å². The lowest BCUT2D eigenvalue weighted by Gasteiger charge is -2.35. The van der Waals surface area contributed by atoms with E-state index in [9.17, 15) is 19.1 Å². The van der Waals surface area contributed by atoms with Crippen molar-refractivity contribution in [2.24, 2.45) is 0 Å². The smallest absolute Gasteiger partial charge is 0.335 e. The molecule has 7 heteroatoms. The van der Waals surface area contributed by atoms with Gasteiger partial charge in [-0.2, -0.15) is 0 Å². The van der Waals surface area contributed by atoms with Gasteiger partial charge in [-0.1, -0.05) is 0 Å². The Bertz CT molecular complexity index is 763. The van der Waals surface area contributed by atoms with Crippen LogP contribution in [0.15, 0.2) is 24.4 Å². The quantitative estimate of drug-likeness (QED) is 0.794. The molecule has 1 amide bonds. The molecule has 1 saturated heterocycles. The number of carboxylic acids is 1. The number of piperidine rings is 1. The molecule has 3 rings (SSSR count). The summed E-state index contributed by atoms with van der Waals surface area (Å²) < 4.78 is 13.2. The Morgan fingerprint density at radius 3 is 2.65 bits per heavy atom. The third-order valence-electron chi connectivity index (χ3n) is 4.41. The highest BCUT2D eigenvalue weighted by atomic mass is 19.1. The number of rotatable bonds is 3. The number of aliphatic carboxylic acids is 1. The minimum Gasteiger partial charge on any atom is -0.479 e. The van der Waals surface area contributed by atoms with E-state index < -0.39 is 11.6 Å². The Hall–Kier alpha value is -2.41. The van der Waals surface area contributed by atoms with Crippen molar-refractivity contribution in [1.29, 1.82) is 0 Å². The Morgan fingerprint density at radius 2 is 2.00 bits per heavy atom. The lowest BCUT2D eigenvalue weighted by Crippen LogP contribution is -2.51. The fourth-order valence-electron chi connectivity index (χ4n) is 2.92. The highest BCUT2D eigenvalue weighted by Gasteiger charge is 2.40. The molecule has 0 radical (unpaired) electrons. The fraction of sp³-hybridized carbons (Fsp3) is 0.375. The summed E-state index contributed by atoms with van der Waals surface area (Å²) in [7, 11) is 0. The van der Waals surface area contributed by atoms with Gasteiger partial charge in [0.15, 0.2) is 5.60 Å². The zero-order valence-corrected chi connectivity index (χ0v) is 12.4. The number of carbonyl (C=O) groups is 2. The van der Waals surface area contributed by atoms with E-state index in [1.54, 1.807) is 17.2 Å². The second kappa shape index (κ2) is 5.66. The minimum absolute atomic E-state index is 0.0210. The molecule has 23 heavy (non-hydrogen) atoms. The Labute approximate surface area is 131 Å². The number of likely N-dealkylation sites (tertiary alicyclic amines) is 1. The zero-order chi connectivity index (χ0) is 16.6. The number of hydrogen-bond donors (Lipinski definition) is 3. The summed E-state index contributed by atoms with van der Waals surface area (Å²) in [4.78, 5) is 27.9. The Morgan fingerprint density at radius 1 is 1.30 bits per heavy atom. The van der Waals surface area contributed by atoms with Crippen molar-refractivity contribution in [2.45, 2.75) is 24.9 Å². The summed E-state index contributed by atoms with van der Waals surface area (Å²) in [6.45, 7) is 0.414. The molecule has 1 aromatic heterocycles. The zero-order valence-electron chi connectivity index (χ0n) is 12.4. The Balaban J connectivity index is 1.69. The molecule has 6 nitrogen and oxygen atoms in total. The van der Waals surface area contributed by atoms with Gasteiger partial charge in [0, 0.05) is 43.0 Å². The first-order valence-electron chi connectivity index (χ1n) is 7.38. The van der Waals surface area contributed by atoms with Crippen molar-refractivity contribution < 1.29 is 24.2 Å². The average molecular weight is 320 g/mol. The molecule has 0 bridgehead atoms. The van der Waals surface area contributed by atoms with Crippen LogP contribution >= 0.6 is 0 Å². The van der Waals surface area contributed by atoms with E-state index in [4.69, 9.17) is 5.11 Å². The standard InChI is InChI=1S/C16H17FN2O4/c17-11-1-2-12-10(9-18-13(12)8-11)7-14(20)19-5-3-16(23,4-6-19)15(21)22/h1-2,8-9,18,23H,3-7H2,(H,21,22). The summed E-state index contributed by atoms with van der Waals surface area (Å²) in [6, 6.07) is 4.35. The number of aliphatic hydroxyl groups is 1. The number of hydrogen-bond acceptors (Lipinski definition) is 3. The number of fused-ring (bicyclic) bond motifs is 1. The number of H-pyrrole nitrogens is 1. The molecule has 1 aliphatic heterocycles. The van der Waals surface area contributed by atoms with E-state index in [1.165, 1.54) is 12.1 Å². The molecule has 0 saturated carbocycles. The van der Waals surface area contributed by atoms with Gasteiger partial charge in [0.2, 0.25) is 5.91 Å². The maximum Gasteiger partial charge on any atom is 0.335 e. The number of nitrogens with zero attached hydrogens (tertiary/aromatic N) is 1. The number of nitrogens with one attached hydrogen (secondary N) is 1. The molecule has 2 aromatic rings. The highest BCUT2D eigenvalue weighted by molar-refractivity contribution is 5.89. The van der Waals surface area contributed by atoms with Gasteiger partial charge in [-0.15, -0.1) is 0 Å². The molecule has 1 aliphatic rings. The van der Waals surface area contributed by atoms with Gasteiger partial charge < -0.3 is 20.1 Å². The molecule has 1 fully saturated rings. The minimum atomic E-state index is -1.74. The molecule has 122 valence electrons. The largest absolute Gasteiger partial charge is 0.479 e. The lowest BCUT2D eigenvalue weighted by atomic mass is 9.91. The first kappa shape index (κ1) is 15.5. The van der Waals surface area contributed by atoms with Crippen LogP contribution < -0.4 is 0 Å². The first-order chi connectivity index (χ1) is 10.9. The normalized spacial score (nSPS) is 17.4. The third-order valence-corrected chi connectivity index (χ3v) is 4.41. The molecule has 1 aromatic carbocycles. The number of carboxylic acid groups (broad SMARTS) is 1. The van der Waals surface area contributed by atoms with E-state index in [2.05, 4.69) is 4.98 Å². The van der Waals surface area contributed by atoms with E-state index in [1.807, 2.05) is 0 Å². The van der Waals surface area contributed by atoms with E-state index >= 15 is 0 Å². The van der Waals surface area contributed by atoms with E-state index in [0.717, 1.165) is 10.9 Å². The molecule has 3 N–H and O–H groups in total. The molecule has 0 unspecified atom stereocenters. The van der Waals surface area contributed by atoms with Crippen molar-refractivity contribution in [1.82, 2.24) is 9.88 Å². The van der Waals surface area contributed by atoms with Gasteiger partial charge in [-0.25, -0.2) is 9.18 Å². The number of amides is 1. The number of halogens is 1. The summed E-state index contributed by atoms with van der Waals surface area (Å²) in [5.74, 6) is -1.73. The molecule has 0 atom stereocenters. The monoisotopic (exact) mass is 320 g/mol. The van der Waals surface area contributed by atoms with Crippen molar-refractivity contribution in [2.75, 3.05) is 13.1 Å². The predicted molar refractivity (Wildman–Crippen MR) is 80.4 cm³/mol. The summed E-state index contributed by atoms with van der Waals surface area (Å²) >= 11 is 0. The maximum absolute atomic E-state index is 13.2. The number of benzene rings is 1. The maximum atomic E-state index is 13.2. The lowest BCUT2D eigenvalue weighted by molar-refractivity contribution is -0.165. The average Bonchev–Trinajstić information content (AvgIpc) is 2.89. The second-order valence-electron chi connectivity index (χ2n) is 5.90. The van der Waals surface area contributed by atoms with E-state index in [-0.39, 0.29) is 44.1 Å². The van der Waals surface area contributed by atoms with Gasteiger partial charge in [0.1, 0.15) is 5.82 Å². The van der Waals surface area contributed by atoms with Crippen molar-refractivity contribution >= 4 is 22.8 Å². The van der Waals surface area contributed by atoms with Crippen molar-refractivity contribution in [3.05, 3.63) is 35.8 Å². The fourth-order valence-corrected chi connectivity index (χ4v) is 2.92. The summed E-state index contributed by atoms with van der Waals surface area (Å²) in [6.07, 6.45) is 1.87. The van der Waals surface area contributed by atoms with Crippen LogP contribution in [0.1, 0.15) is 18.4 Å². The first-order valence-corrected chi connectivity index (χ1v) is 7.38. The van der Waals surface area contributed by atoms with Crippen LogP contribution in [0.2, 0.25) is 0 Å². The third kappa shape index (κ3) is 2.92. The number of carbonyl (C=O) groups excluding carboxylic acids is 1. The van der Waals surface area contributed by atoms with Gasteiger partial charge in [-0.05, 0) is 23.8 Å². The van der Waals surface area contributed by atoms with Gasteiger partial charge in [0.25, 0.3) is 0 Å². The molecule has 0 spiro atoms. The SMILES string of the molecule is O=C(Cc1c[nH]c2cc(F)ccc12)N1CCC(O)(C(=O)O)CC1. The van der Waals surface area contributed by atoms with Gasteiger partial charge in [0.05, 0.1) is 6.42 Å². The van der Waals surface area contributed by atoms with Crippen molar-refractivity contribution in [3.63, 3.8) is 0 Å². The van der Waals surface area contributed by atoms with Crippen LogP contribution in [-0.4, -0.2) is 50.7 Å². The molecule has 2 heterocycles. The highest BCUT2D eigenvalue weighted by Crippen LogP contribution is 2.24. The molecular formula is C16H17FN2O4. The van der Waals surface area contributed by atoms with Crippen LogP contribution in [0.5, 0.6) is 0 Å². The summed E-state index contributed by atoms with van der Waals surface area (Å²) in [5.41, 5.74) is -0.342. The van der Waals surface area contributed by atoms with Crippen LogP contribution in [0, 0.1) is 5.82 Å². The van der Waals surface area contributed by atoms with E-state index in [0.29, 0.717) is 5.52 Å². The van der Waals surface area contributed by atoms with Crippen LogP contribution in [0.4, 0.5) is 4.39 Å². The second-order valence-corrected chi connectivity index (χ2v) is 5.90. The van der Waals surface area contributed by atoms with Crippen LogP contribution in [0.25, 0.3) is 10.9 Å². The van der Waals surface area contributed by atoms with Crippen LogP contribution in [0.3, 0.4) is 0 Å². The number of aromatic nitrogens is 1. The Kier molecular flexibility index (Phi) is 3.81. The van der Waals surface area contributed by atoms with Crippen molar-refractivity contribution in [3.8, 4) is 0 Å². The number of aromatic amines is 1. The molecule has 0 aliphatic carbocycles. The van der Waals surface area contributed by atoms with Gasteiger partial charge >= 0.3 is 5.97 Å². The summed E-state index contributed by atoms with van der Waals surface area (Å²) in [5, 5.41) is 19.7. The topological polar surface area (TPSA) is 93.6 Å². The predicted octanol–water partition coefficient (Wildman–Crippen LogP) is 1.29. The molecular weight excluding hydrogens is 303 g/mol. The van der Waals surface area contributed by atoms with Crippen LogP contribution in [-0.2, 0) is 16.0 Å².